The zero-order valence-corrected chi connectivity index (χ0v) is 14.6. The number of benzene rings is 1. The van der Waals surface area contributed by atoms with Gasteiger partial charge in [0, 0.05) is 16.6 Å². The summed E-state index contributed by atoms with van der Waals surface area (Å²) in [6.07, 6.45) is 3.02. The molecule has 0 aliphatic carbocycles. The van der Waals surface area contributed by atoms with E-state index in [0.717, 1.165) is 51.1 Å². The first kappa shape index (κ1) is 14.5. The highest BCUT2D eigenvalue weighted by atomic mass is 79.9. The molecule has 0 bridgehead atoms. The van der Waals surface area contributed by atoms with Crippen LogP contribution in [0.3, 0.4) is 0 Å². The molecular weight excluding hydrogens is 354 g/mol. The molecule has 3 aromatic rings. The van der Waals surface area contributed by atoms with Gasteiger partial charge < -0.3 is 8.98 Å². The fourth-order valence-electron chi connectivity index (χ4n) is 3.09. The van der Waals surface area contributed by atoms with Crippen molar-refractivity contribution in [1.82, 2.24) is 9.55 Å². The molecule has 0 unspecified atom stereocenters. The molecule has 0 atom stereocenters. The number of aromatic nitrogens is 2. The quantitative estimate of drug-likeness (QED) is 0.689. The number of halogens is 1. The monoisotopic (exact) mass is 369 g/mol. The van der Waals surface area contributed by atoms with Gasteiger partial charge in [-0.3, -0.25) is 5.41 Å². The number of furan rings is 1. The molecule has 1 aromatic carbocycles. The van der Waals surface area contributed by atoms with E-state index in [1.165, 1.54) is 0 Å². The highest BCUT2D eigenvalue weighted by molar-refractivity contribution is 9.10. The molecule has 0 saturated carbocycles. The van der Waals surface area contributed by atoms with Crippen LogP contribution in [-0.4, -0.2) is 9.55 Å². The molecule has 2 aromatic heterocycles. The van der Waals surface area contributed by atoms with Crippen molar-refractivity contribution in [1.29, 1.82) is 5.41 Å². The average Bonchev–Trinajstić information content (AvgIpc) is 3.05. The van der Waals surface area contributed by atoms with E-state index in [1.807, 2.05) is 36.6 Å². The summed E-state index contributed by atoms with van der Waals surface area (Å²) < 4.78 is 8.78. The number of nitrogens with one attached hydrogen (secondary N) is 1. The van der Waals surface area contributed by atoms with Crippen LogP contribution in [0.25, 0.3) is 22.7 Å². The average molecular weight is 370 g/mol. The van der Waals surface area contributed by atoms with Gasteiger partial charge in [-0.1, -0.05) is 34.1 Å². The molecular formula is C18H16BrN3O. The summed E-state index contributed by atoms with van der Waals surface area (Å²) >= 11 is 3.58. The van der Waals surface area contributed by atoms with Gasteiger partial charge in [-0.05, 0) is 43.5 Å². The summed E-state index contributed by atoms with van der Waals surface area (Å²) in [5.74, 6) is 1.67. The Morgan fingerprint density at radius 2 is 2.09 bits per heavy atom. The first-order valence-electron chi connectivity index (χ1n) is 7.57. The van der Waals surface area contributed by atoms with Crippen LogP contribution in [0.1, 0.15) is 29.1 Å². The summed E-state index contributed by atoms with van der Waals surface area (Å²) in [7, 11) is 0. The van der Waals surface area contributed by atoms with Crippen molar-refractivity contribution in [2.75, 3.05) is 0 Å². The summed E-state index contributed by atoms with van der Waals surface area (Å²) in [4.78, 5) is 4.70. The molecule has 1 aliphatic rings. The van der Waals surface area contributed by atoms with E-state index in [9.17, 15) is 0 Å². The van der Waals surface area contributed by atoms with E-state index in [1.54, 1.807) is 0 Å². The fraction of sp³-hybridized carbons (Fsp3) is 0.222. The molecule has 0 fully saturated rings. The van der Waals surface area contributed by atoms with E-state index in [-0.39, 0.29) is 0 Å². The number of fused-ring (bicyclic) bond motifs is 2. The predicted molar refractivity (Wildman–Crippen MR) is 94.0 cm³/mol. The molecule has 5 heteroatoms. The Kier molecular flexibility index (Phi) is 3.27. The van der Waals surface area contributed by atoms with Crippen LogP contribution in [-0.2, 0) is 6.54 Å². The minimum Gasteiger partial charge on any atom is -0.443 e. The molecule has 1 N–H and O–H groups in total. The Balaban J connectivity index is 1.94. The summed E-state index contributed by atoms with van der Waals surface area (Å²) in [5.41, 5.74) is 4.33. The number of nitrogens with zero attached hydrogens (tertiary/aromatic N) is 2. The van der Waals surface area contributed by atoms with Crippen molar-refractivity contribution in [3.63, 3.8) is 0 Å². The van der Waals surface area contributed by atoms with Gasteiger partial charge in [0.25, 0.3) is 0 Å². The van der Waals surface area contributed by atoms with Gasteiger partial charge in [0.2, 0.25) is 5.71 Å². The van der Waals surface area contributed by atoms with Crippen LogP contribution in [0, 0.1) is 19.3 Å². The number of hydrogen-bond donors (Lipinski definition) is 1. The second-order valence-corrected chi connectivity index (χ2v) is 6.69. The SMILES string of the molecule is Cc1oc2nc3n(c(=N)c2c1C)CC/C3=C\c1ccccc1Br. The third-order valence-corrected chi connectivity index (χ3v) is 5.19. The fourth-order valence-corrected chi connectivity index (χ4v) is 3.49. The molecule has 4 nitrogen and oxygen atoms in total. The Labute approximate surface area is 142 Å². The summed E-state index contributed by atoms with van der Waals surface area (Å²) in [6.45, 7) is 4.70. The molecule has 0 saturated heterocycles. The highest BCUT2D eigenvalue weighted by Gasteiger charge is 2.22. The topological polar surface area (TPSA) is 54.8 Å². The number of hydrogen-bond acceptors (Lipinski definition) is 3. The lowest BCUT2D eigenvalue weighted by Gasteiger charge is -2.05. The van der Waals surface area contributed by atoms with E-state index in [0.29, 0.717) is 11.2 Å². The Morgan fingerprint density at radius 3 is 2.87 bits per heavy atom. The number of allylic oxidation sites excluding steroid dienone is 1. The maximum Gasteiger partial charge on any atom is 0.232 e. The molecule has 0 amide bonds. The van der Waals surface area contributed by atoms with Crippen LogP contribution in [0.4, 0.5) is 0 Å². The minimum atomic E-state index is 0.495. The van der Waals surface area contributed by atoms with Gasteiger partial charge in [-0.15, -0.1) is 0 Å². The zero-order chi connectivity index (χ0) is 16.1. The predicted octanol–water partition coefficient (Wildman–Crippen LogP) is 4.43. The molecule has 0 spiro atoms. The molecule has 0 radical (unpaired) electrons. The zero-order valence-electron chi connectivity index (χ0n) is 13.0. The van der Waals surface area contributed by atoms with Crippen LogP contribution >= 0.6 is 15.9 Å². The highest BCUT2D eigenvalue weighted by Crippen LogP contribution is 2.30. The lowest BCUT2D eigenvalue weighted by molar-refractivity contribution is 0.560. The largest absolute Gasteiger partial charge is 0.443 e. The van der Waals surface area contributed by atoms with Crippen molar-refractivity contribution >= 4 is 38.7 Å². The number of aryl methyl sites for hydroxylation is 2. The van der Waals surface area contributed by atoms with Gasteiger partial charge in [0.15, 0.2) is 0 Å². The van der Waals surface area contributed by atoms with E-state index in [2.05, 4.69) is 28.1 Å². The molecule has 4 rings (SSSR count). The standard InChI is InChI=1S/C18H16BrN3O/c1-10-11(2)23-18-15(10)16(20)22-8-7-13(17(22)21-18)9-12-5-3-4-6-14(12)19/h3-6,9,20H,7-8H2,1-2H3/b13-9+,20-16?. The van der Waals surface area contributed by atoms with Crippen LogP contribution in [0.5, 0.6) is 0 Å². The van der Waals surface area contributed by atoms with Crippen molar-refractivity contribution in [2.45, 2.75) is 26.8 Å². The first-order valence-corrected chi connectivity index (χ1v) is 8.36. The summed E-state index contributed by atoms with van der Waals surface area (Å²) in [6, 6.07) is 8.12. The minimum absolute atomic E-state index is 0.495. The third-order valence-electron chi connectivity index (χ3n) is 4.46. The lowest BCUT2D eigenvalue weighted by Crippen LogP contribution is -2.20. The maximum absolute atomic E-state index is 8.51. The molecule has 116 valence electrons. The van der Waals surface area contributed by atoms with Crippen LogP contribution < -0.4 is 5.49 Å². The van der Waals surface area contributed by atoms with Crippen molar-refractivity contribution in [3.8, 4) is 0 Å². The third kappa shape index (κ3) is 2.18. The normalized spacial score (nSPS) is 15.5. The Bertz CT molecular complexity index is 1030. The van der Waals surface area contributed by atoms with E-state index >= 15 is 0 Å². The second kappa shape index (κ2) is 5.20. The Morgan fingerprint density at radius 1 is 1.30 bits per heavy atom. The van der Waals surface area contributed by atoms with Gasteiger partial charge >= 0.3 is 0 Å². The molecule has 3 heterocycles. The maximum atomic E-state index is 8.51. The smallest absolute Gasteiger partial charge is 0.232 e. The van der Waals surface area contributed by atoms with Crippen molar-refractivity contribution < 1.29 is 4.42 Å². The van der Waals surface area contributed by atoms with Gasteiger partial charge in [0.1, 0.15) is 17.1 Å². The second-order valence-electron chi connectivity index (χ2n) is 5.84. The molecule has 1 aliphatic heterocycles. The Hall–Kier alpha value is -2.14. The van der Waals surface area contributed by atoms with Crippen molar-refractivity contribution in [3.05, 3.63) is 56.9 Å². The first-order chi connectivity index (χ1) is 11.1. The van der Waals surface area contributed by atoms with Crippen molar-refractivity contribution in [2.24, 2.45) is 0 Å². The molecule has 23 heavy (non-hydrogen) atoms. The lowest BCUT2D eigenvalue weighted by atomic mass is 10.1. The van der Waals surface area contributed by atoms with E-state index in [4.69, 9.17) is 14.8 Å². The van der Waals surface area contributed by atoms with Gasteiger partial charge in [-0.25, -0.2) is 0 Å². The van der Waals surface area contributed by atoms with Gasteiger partial charge in [0.05, 0.1) is 5.39 Å². The number of rotatable bonds is 1. The van der Waals surface area contributed by atoms with E-state index < -0.39 is 0 Å². The van der Waals surface area contributed by atoms with Gasteiger partial charge in [-0.2, -0.15) is 4.98 Å². The van der Waals surface area contributed by atoms with Crippen LogP contribution in [0.15, 0.2) is 33.2 Å². The van der Waals surface area contributed by atoms with Crippen LogP contribution in [0.2, 0.25) is 0 Å². The summed E-state index contributed by atoms with van der Waals surface area (Å²) in [5, 5.41) is 9.34.